The highest BCUT2D eigenvalue weighted by atomic mass is 32.1. The van der Waals surface area contributed by atoms with Crippen LogP contribution in [0.1, 0.15) is 24.0 Å². The quantitative estimate of drug-likeness (QED) is 0.223. The number of alkyl halides is 6. The van der Waals surface area contributed by atoms with Gasteiger partial charge in [-0.25, -0.2) is 0 Å². The van der Waals surface area contributed by atoms with Crippen LogP contribution in [0.5, 0.6) is 5.75 Å². The van der Waals surface area contributed by atoms with Gasteiger partial charge in [0.1, 0.15) is 10.4 Å². The SMILES string of the molecule is O=c1nc(N2CCC3(CC2)CN(Cc2ccc(OC(F)(F)F)cc2)C3)sc2c([N+](=O)[O-])cc(C(F)(F)F)cc12. The zero-order chi connectivity index (χ0) is 28.2. The summed E-state index contributed by atoms with van der Waals surface area (Å²) in [6.07, 6.45) is -8.10. The Morgan fingerprint density at radius 2 is 1.69 bits per heavy atom. The first kappa shape index (κ1) is 27.1. The summed E-state index contributed by atoms with van der Waals surface area (Å²) in [4.78, 5) is 31.1. The normalized spacial score (nSPS) is 17.8. The molecule has 2 saturated heterocycles. The van der Waals surface area contributed by atoms with Crippen LogP contribution in [0.15, 0.2) is 41.2 Å². The summed E-state index contributed by atoms with van der Waals surface area (Å²) in [6, 6.07) is 6.74. The average molecular weight is 575 g/mol. The summed E-state index contributed by atoms with van der Waals surface area (Å²) in [7, 11) is 0. The molecular formula is C24H20F6N4O4S. The number of piperidine rings is 1. The average Bonchev–Trinajstić information content (AvgIpc) is 2.82. The number of anilines is 1. The van der Waals surface area contributed by atoms with Crippen LogP contribution in [0.25, 0.3) is 10.1 Å². The number of hydrogen-bond donors (Lipinski definition) is 0. The summed E-state index contributed by atoms with van der Waals surface area (Å²) in [5, 5.41) is 11.3. The third-order valence-electron chi connectivity index (χ3n) is 6.99. The Morgan fingerprint density at radius 3 is 2.26 bits per heavy atom. The molecule has 0 N–H and O–H groups in total. The van der Waals surface area contributed by atoms with Crippen molar-refractivity contribution in [3.63, 3.8) is 0 Å². The van der Waals surface area contributed by atoms with Crippen LogP contribution in [0, 0.1) is 15.5 Å². The third-order valence-corrected chi connectivity index (χ3v) is 8.16. The first-order chi connectivity index (χ1) is 18.2. The van der Waals surface area contributed by atoms with Crippen molar-refractivity contribution >= 4 is 32.2 Å². The molecule has 15 heteroatoms. The van der Waals surface area contributed by atoms with E-state index < -0.39 is 39.7 Å². The molecule has 0 unspecified atom stereocenters. The lowest BCUT2D eigenvalue weighted by Gasteiger charge is -2.54. The second kappa shape index (κ2) is 9.62. The van der Waals surface area contributed by atoms with Crippen LogP contribution in [0.2, 0.25) is 0 Å². The lowest BCUT2D eigenvalue weighted by Crippen LogP contribution is -2.59. The maximum Gasteiger partial charge on any atom is 0.573 e. The number of rotatable bonds is 5. The Kier molecular flexibility index (Phi) is 6.69. The maximum atomic E-state index is 13.2. The summed E-state index contributed by atoms with van der Waals surface area (Å²) < 4.78 is 80.3. The lowest BCUT2D eigenvalue weighted by molar-refractivity contribution is -0.383. The Bertz CT molecular complexity index is 1460. The number of benzene rings is 2. The third kappa shape index (κ3) is 5.78. The van der Waals surface area contributed by atoms with E-state index in [2.05, 4.69) is 14.6 Å². The summed E-state index contributed by atoms with van der Waals surface area (Å²) in [5.74, 6) is -0.283. The first-order valence-corrected chi connectivity index (χ1v) is 12.6. The van der Waals surface area contributed by atoms with Gasteiger partial charge in [-0.3, -0.25) is 19.8 Å². The standard InChI is InChI=1S/C24H20F6N4O4S/c25-23(26,27)15-9-17-19(18(10-15)34(36)37)39-21(31-20(17)35)33-7-5-22(6-8-33)12-32(13-22)11-14-1-3-16(4-2-14)38-24(28,29)30/h1-4,9-10H,5-8,11-13H2. The molecular weight excluding hydrogens is 554 g/mol. The Labute approximate surface area is 220 Å². The van der Waals surface area contributed by atoms with E-state index in [1.54, 1.807) is 12.1 Å². The minimum Gasteiger partial charge on any atom is -0.406 e. The predicted octanol–water partition coefficient (Wildman–Crippen LogP) is 5.58. The fraction of sp³-hybridized carbons (Fsp3) is 0.417. The van der Waals surface area contributed by atoms with Crippen molar-refractivity contribution < 1.29 is 36.0 Å². The van der Waals surface area contributed by atoms with Gasteiger partial charge in [0.2, 0.25) is 0 Å². The van der Waals surface area contributed by atoms with Crippen LogP contribution in [-0.4, -0.2) is 47.3 Å². The van der Waals surface area contributed by atoms with Gasteiger partial charge in [0.05, 0.1) is 15.9 Å². The van der Waals surface area contributed by atoms with Crippen LogP contribution < -0.4 is 15.2 Å². The molecule has 2 aromatic carbocycles. The summed E-state index contributed by atoms with van der Waals surface area (Å²) in [5.41, 5.74) is -2.15. The van der Waals surface area contributed by atoms with Gasteiger partial charge in [-0.2, -0.15) is 18.2 Å². The largest absolute Gasteiger partial charge is 0.573 e. The zero-order valence-electron chi connectivity index (χ0n) is 20.0. The van der Waals surface area contributed by atoms with Gasteiger partial charge in [0, 0.05) is 38.8 Å². The topological polar surface area (TPSA) is 88.8 Å². The Morgan fingerprint density at radius 1 is 1.05 bits per heavy atom. The molecule has 5 rings (SSSR count). The highest BCUT2D eigenvalue weighted by Crippen LogP contribution is 2.43. The van der Waals surface area contributed by atoms with Crippen LogP contribution in [-0.2, 0) is 12.7 Å². The molecule has 0 amide bonds. The molecule has 3 heterocycles. The molecule has 2 aliphatic heterocycles. The van der Waals surface area contributed by atoms with Gasteiger partial charge in [0.15, 0.2) is 5.13 Å². The van der Waals surface area contributed by atoms with Crippen molar-refractivity contribution in [3.8, 4) is 5.75 Å². The number of fused-ring (bicyclic) bond motifs is 1. The molecule has 3 aromatic rings. The first-order valence-electron chi connectivity index (χ1n) is 11.7. The molecule has 1 aromatic heterocycles. The van der Waals surface area contributed by atoms with E-state index in [1.165, 1.54) is 12.1 Å². The molecule has 2 fully saturated rings. The molecule has 0 atom stereocenters. The lowest BCUT2D eigenvalue weighted by atomic mass is 9.72. The minimum atomic E-state index is -4.85. The molecule has 2 aliphatic rings. The molecule has 0 aliphatic carbocycles. The smallest absolute Gasteiger partial charge is 0.406 e. The van der Waals surface area contributed by atoms with Crippen molar-refractivity contribution in [3.05, 3.63) is 68.0 Å². The molecule has 0 radical (unpaired) electrons. The number of nitro benzene ring substituents is 1. The highest BCUT2D eigenvalue weighted by Gasteiger charge is 2.45. The fourth-order valence-electron chi connectivity index (χ4n) is 5.13. The van der Waals surface area contributed by atoms with Gasteiger partial charge in [-0.1, -0.05) is 23.5 Å². The van der Waals surface area contributed by atoms with Gasteiger partial charge in [0.25, 0.3) is 11.2 Å². The number of halogens is 6. The van der Waals surface area contributed by atoms with Crippen molar-refractivity contribution in [2.45, 2.75) is 31.9 Å². The molecule has 8 nitrogen and oxygen atoms in total. The number of nitro groups is 1. The number of ether oxygens (including phenoxy) is 1. The van der Waals surface area contributed by atoms with Crippen molar-refractivity contribution in [2.24, 2.45) is 5.41 Å². The number of nitrogens with zero attached hydrogens (tertiary/aromatic N) is 4. The highest BCUT2D eigenvalue weighted by molar-refractivity contribution is 7.22. The van der Waals surface area contributed by atoms with Crippen molar-refractivity contribution in [2.75, 3.05) is 31.1 Å². The molecule has 1 spiro atoms. The second-order valence-electron chi connectivity index (χ2n) is 9.75. The van der Waals surface area contributed by atoms with E-state index in [9.17, 15) is 41.3 Å². The predicted molar refractivity (Wildman–Crippen MR) is 130 cm³/mol. The zero-order valence-corrected chi connectivity index (χ0v) is 20.8. The number of likely N-dealkylation sites (tertiary alicyclic amines) is 1. The van der Waals surface area contributed by atoms with Gasteiger partial charge >= 0.3 is 12.5 Å². The van der Waals surface area contributed by atoms with E-state index in [0.29, 0.717) is 31.8 Å². The summed E-state index contributed by atoms with van der Waals surface area (Å²) in [6.45, 7) is 3.14. The maximum absolute atomic E-state index is 13.2. The Balaban J connectivity index is 1.24. The second-order valence-corrected chi connectivity index (χ2v) is 10.7. The van der Waals surface area contributed by atoms with Crippen molar-refractivity contribution in [1.29, 1.82) is 0 Å². The van der Waals surface area contributed by atoms with Crippen molar-refractivity contribution in [1.82, 2.24) is 9.88 Å². The number of non-ortho nitro benzene ring substituents is 1. The van der Waals surface area contributed by atoms with E-state index >= 15 is 0 Å². The Hall–Kier alpha value is -3.46. The van der Waals surface area contributed by atoms with E-state index in [1.807, 2.05) is 4.90 Å². The molecule has 0 bridgehead atoms. The van der Waals surface area contributed by atoms with Crippen LogP contribution in [0.4, 0.5) is 37.2 Å². The fourth-order valence-corrected chi connectivity index (χ4v) is 6.25. The molecule has 208 valence electrons. The van der Waals surface area contributed by atoms with E-state index in [0.717, 1.165) is 42.8 Å². The van der Waals surface area contributed by atoms with Gasteiger partial charge < -0.3 is 9.64 Å². The van der Waals surface area contributed by atoms with Crippen LogP contribution in [0.3, 0.4) is 0 Å². The minimum absolute atomic E-state index is 0.0191. The number of aromatic nitrogens is 1. The summed E-state index contributed by atoms with van der Waals surface area (Å²) >= 11 is 0.829. The van der Waals surface area contributed by atoms with Crippen LogP contribution >= 0.6 is 11.3 Å². The van der Waals surface area contributed by atoms with E-state index in [4.69, 9.17) is 0 Å². The monoisotopic (exact) mass is 574 g/mol. The van der Waals surface area contributed by atoms with Gasteiger partial charge in [-0.15, -0.1) is 13.2 Å². The molecule has 0 saturated carbocycles. The molecule has 39 heavy (non-hydrogen) atoms. The number of hydrogen-bond acceptors (Lipinski definition) is 8. The van der Waals surface area contributed by atoms with Gasteiger partial charge in [-0.05, 0) is 42.0 Å². The van der Waals surface area contributed by atoms with E-state index in [-0.39, 0.29) is 21.0 Å².